The van der Waals surface area contributed by atoms with Gasteiger partial charge in [0, 0.05) is 19.6 Å². The molecule has 0 aromatic heterocycles. The molecular weight excluding hydrogens is 236 g/mol. The molecular formula is C17H36O2. The van der Waals surface area contributed by atoms with E-state index in [9.17, 15) is 0 Å². The summed E-state index contributed by atoms with van der Waals surface area (Å²) in [7, 11) is 1.79. The third kappa shape index (κ3) is 6.76. The van der Waals surface area contributed by atoms with Crippen LogP contribution in [0.15, 0.2) is 0 Å². The van der Waals surface area contributed by atoms with Crippen molar-refractivity contribution in [1.82, 2.24) is 0 Å². The average molecular weight is 272 g/mol. The number of hydrogen-bond acceptors (Lipinski definition) is 2. The molecule has 0 spiro atoms. The van der Waals surface area contributed by atoms with Crippen LogP contribution in [0.2, 0.25) is 0 Å². The van der Waals surface area contributed by atoms with Gasteiger partial charge in [0.05, 0.1) is 0 Å². The van der Waals surface area contributed by atoms with E-state index in [4.69, 9.17) is 9.47 Å². The van der Waals surface area contributed by atoms with Crippen molar-refractivity contribution in [3.05, 3.63) is 0 Å². The van der Waals surface area contributed by atoms with Gasteiger partial charge in [-0.15, -0.1) is 0 Å². The standard InChI is InChI=1S/C17H36O2/c1-6-10-11-12-13-14-15-16(7-2)17(8-3,18-5)19-9-4/h16H,6-15H2,1-5H3. The Hall–Kier alpha value is -0.0800. The van der Waals surface area contributed by atoms with Crippen molar-refractivity contribution in [3.8, 4) is 0 Å². The molecule has 2 unspecified atom stereocenters. The van der Waals surface area contributed by atoms with Gasteiger partial charge in [-0.2, -0.15) is 0 Å². The van der Waals surface area contributed by atoms with Crippen molar-refractivity contribution >= 4 is 0 Å². The first kappa shape index (κ1) is 18.9. The van der Waals surface area contributed by atoms with Crippen molar-refractivity contribution in [3.63, 3.8) is 0 Å². The first-order chi connectivity index (χ1) is 9.20. The van der Waals surface area contributed by atoms with Gasteiger partial charge in [0.25, 0.3) is 0 Å². The highest BCUT2D eigenvalue weighted by Gasteiger charge is 2.36. The van der Waals surface area contributed by atoms with Gasteiger partial charge in [-0.1, -0.05) is 59.3 Å². The maximum absolute atomic E-state index is 5.95. The maximum Gasteiger partial charge on any atom is 0.170 e. The summed E-state index contributed by atoms with van der Waals surface area (Å²) in [6, 6.07) is 0. The van der Waals surface area contributed by atoms with Crippen molar-refractivity contribution < 1.29 is 9.47 Å². The topological polar surface area (TPSA) is 18.5 Å². The van der Waals surface area contributed by atoms with Gasteiger partial charge in [-0.05, 0) is 26.2 Å². The Balaban J connectivity index is 4.14. The highest BCUT2D eigenvalue weighted by molar-refractivity contribution is 4.77. The van der Waals surface area contributed by atoms with E-state index in [2.05, 4.69) is 27.7 Å². The minimum atomic E-state index is -0.354. The molecule has 116 valence electrons. The third-order valence-corrected chi connectivity index (χ3v) is 4.25. The van der Waals surface area contributed by atoms with E-state index < -0.39 is 0 Å². The quantitative estimate of drug-likeness (QED) is 0.323. The molecule has 0 radical (unpaired) electrons. The smallest absolute Gasteiger partial charge is 0.170 e. The lowest BCUT2D eigenvalue weighted by molar-refractivity contribution is -0.255. The molecule has 0 fully saturated rings. The summed E-state index contributed by atoms with van der Waals surface area (Å²) < 4.78 is 11.7. The molecule has 0 heterocycles. The maximum atomic E-state index is 5.95. The summed E-state index contributed by atoms with van der Waals surface area (Å²) in [6.07, 6.45) is 11.4. The monoisotopic (exact) mass is 272 g/mol. The third-order valence-electron chi connectivity index (χ3n) is 4.25. The van der Waals surface area contributed by atoms with E-state index in [1.807, 2.05) is 0 Å². The van der Waals surface area contributed by atoms with E-state index in [0.717, 1.165) is 19.4 Å². The van der Waals surface area contributed by atoms with Crippen LogP contribution in [0, 0.1) is 5.92 Å². The Morgan fingerprint density at radius 1 is 0.895 bits per heavy atom. The first-order valence-electron chi connectivity index (χ1n) is 8.39. The largest absolute Gasteiger partial charge is 0.353 e. The van der Waals surface area contributed by atoms with Crippen LogP contribution in [0.4, 0.5) is 0 Å². The molecule has 0 N–H and O–H groups in total. The van der Waals surface area contributed by atoms with Crippen LogP contribution in [-0.4, -0.2) is 19.5 Å². The van der Waals surface area contributed by atoms with Crippen molar-refractivity contribution in [2.45, 2.75) is 91.3 Å². The summed E-state index contributed by atoms with van der Waals surface area (Å²) in [5.74, 6) is 0.168. The molecule has 0 aliphatic heterocycles. The van der Waals surface area contributed by atoms with Crippen LogP contribution >= 0.6 is 0 Å². The van der Waals surface area contributed by atoms with Crippen LogP contribution < -0.4 is 0 Å². The Kier molecular flexibility index (Phi) is 11.7. The molecule has 0 amide bonds. The lowest BCUT2D eigenvalue weighted by Crippen LogP contribution is -2.42. The number of rotatable bonds is 13. The molecule has 2 nitrogen and oxygen atoms in total. The van der Waals surface area contributed by atoms with E-state index in [0.29, 0.717) is 5.92 Å². The molecule has 0 rings (SSSR count). The van der Waals surface area contributed by atoms with E-state index in [1.54, 1.807) is 7.11 Å². The normalized spacial score (nSPS) is 16.3. The number of ether oxygens (including phenoxy) is 2. The molecule has 0 aliphatic carbocycles. The Labute approximate surface area is 121 Å². The Morgan fingerprint density at radius 2 is 1.53 bits per heavy atom. The van der Waals surface area contributed by atoms with Gasteiger partial charge >= 0.3 is 0 Å². The van der Waals surface area contributed by atoms with Crippen LogP contribution in [0.5, 0.6) is 0 Å². The minimum absolute atomic E-state index is 0.354. The van der Waals surface area contributed by atoms with Crippen molar-refractivity contribution in [1.29, 1.82) is 0 Å². The van der Waals surface area contributed by atoms with E-state index in [1.165, 1.54) is 44.9 Å². The Bertz CT molecular complexity index is 188. The highest BCUT2D eigenvalue weighted by Crippen LogP contribution is 2.33. The van der Waals surface area contributed by atoms with E-state index in [-0.39, 0.29) is 5.79 Å². The van der Waals surface area contributed by atoms with Gasteiger partial charge < -0.3 is 9.47 Å². The van der Waals surface area contributed by atoms with Crippen molar-refractivity contribution in [2.24, 2.45) is 5.92 Å². The lowest BCUT2D eigenvalue weighted by atomic mass is 9.88. The first-order valence-corrected chi connectivity index (χ1v) is 8.39. The minimum Gasteiger partial charge on any atom is -0.353 e. The molecule has 0 aromatic rings. The molecule has 0 saturated heterocycles. The molecule has 0 aromatic carbocycles. The fraction of sp³-hybridized carbons (Fsp3) is 1.00. The van der Waals surface area contributed by atoms with Crippen LogP contribution in [-0.2, 0) is 9.47 Å². The van der Waals surface area contributed by atoms with Gasteiger partial charge in [0.15, 0.2) is 5.79 Å². The van der Waals surface area contributed by atoms with Crippen LogP contribution in [0.1, 0.15) is 85.5 Å². The lowest BCUT2D eigenvalue weighted by Gasteiger charge is -2.38. The highest BCUT2D eigenvalue weighted by atomic mass is 16.7. The van der Waals surface area contributed by atoms with Crippen LogP contribution in [0.3, 0.4) is 0 Å². The second-order valence-corrected chi connectivity index (χ2v) is 5.46. The summed E-state index contributed by atoms with van der Waals surface area (Å²) in [5, 5.41) is 0. The SMILES string of the molecule is CCCCCCCCC(CC)C(CC)(OC)OCC. The van der Waals surface area contributed by atoms with Gasteiger partial charge in [0.1, 0.15) is 0 Å². The van der Waals surface area contributed by atoms with Gasteiger partial charge in [-0.25, -0.2) is 0 Å². The number of methoxy groups -OCH3 is 1. The molecule has 19 heavy (non-hydrogen) atoms. The fourth-order valence-electron chi connectivity index (χ4n) is 3.03. The predicted octanol–water partition coefficient (Wildman–Crippen LogP) is 5.55. The second-order valence-electron chi connectivity index (χ2n) is 5.46. The Morgan fingerprint density at radius 3 is 2.00 bits per heavy atom. The predicted molar refractivity (Wildman–Crippen MR) is 83.4 cm³/mol. The van der Waals surface area contributed by atoms with Gasteiger partial charge in [-0.3, -0.25) is 0 Å². The average Bonchev–Trinajstić information content (AvgIpc) is 2.45. The van der Waals surface area contributed by atoms with E-state index >= 15 is 0 Å². The fourth-order valence-corrected chi connectivity index (χ4v) is 3.03. The summed E-state index contributed by atoms with van der Waals surface area (Å²) in [6.45, 7) is 9.48. The van der Waals surface area contributed by atoms with Gasteiger partial charge in [0.2, 0.25) is 0 Å². The zero-order chi connectivity index (χ0) is 14.6. The zero-order valence-corrected chi connectivity index (χ0v) is 14.0. The summed E-state index contributed by atoms with van der Waals surface area (Å²) >= 11 is 0. The molecule has 2 heteroatoms. The molecule has 0 aliphatic rings. The summed E-state index contributed by atoms with van der Waals surface area (Å²) in [5.41, 5.74) is 0. The molecule has 0 bridgehead atoms. The molecule has 2 atom stereocenters. The summed E-state index contributed by atoms with van der Waals surface area (Å²) in [4.78, 5) is 0. The molecule has 0 saturated carbocycles. The second kappa shape index (κ2) is 11.7. The number of unbranched alkanes of at least 4 members (excludes halogenated alkanes) is 5. The number of hydrogen-bond donors (Lipinski definition) is 0. The van der Waals surface area contributed by atoms with Crippen molar-refractivity contribution in [2.75, 3.05) is 13.7 Å². The zero-order valence-electron chi connectivity index (χ0n) is 14.0. The van der Waals surface area contributed by atoms with Crippen LogP contribution in [0.25, 0.3) is 0 Å².